The molecule has 1 aliphatic carbocycles. The zero-order valence-corrected chi connectivity index (χ0v) is 7.99. The fraction of sp³-hybridized carbons (Fsp3) is 0.500. The van der Waals surface area contributed by atoms with Gasteiger partial charge in [0.15, 0.2) is 0 Å². The zero-order valence-electron chi connectivity index (χ0n) is 7.99. The monoisotopic (exact) mass is 195 g/mol. The molecule has 76 valence electrons. The van der Waals surface area contributed by atoms with Crippen molar-refractivity contribution in [2.45, 2.75) is 31.9 Å². The second-order valence-corrected chi connectivity index (χ2v) is 3.69. The molecule has 2 N–H and O–H groups in total. The minimum Gasteiger partial charge on any atom is -0.469 e. The van der Waals surface area contributed by atoms with Crippen molar-refractivity contribution in [1.29, 1.82) is 0 Å². The summed E-state index contributed by atoms with van der Waals surface area (Å²) in [6, 6.07) is 1.77. The molecule has 1 aromatic rings. The van der Waals surface area contributed by atoms with Gasteiger partial charge < -0.3 is 14.8 Å². The molecule has 1 aliphatic rings. The highest BCUT2D eigenvalue weighted by atomic mass is 16.3. The van der Waals surface area contributed by atoms with Crippen molar-refractivity contribution in [3.8, 4) is 0 Å². The number of aliphatic hydroxyl groups is 1. The van der Waals surface area contributed by atoms with Gasteiger partial charge in [0.2, 0.25) is 0 Å². The highest BCUT2D eigenvalue weighted by Gasteiger charge is 2.29. The minimum atomic E-state index is -0.245. The summed E-state index contributed by atoms with van der Waals surface area (Å²) >= 11 is 0. The van der Waals surface area contributed by atoms with Crippen molar-refractivity contribution < 1.29 is 14.3 Å². The summed E-state index contributed by atoms with van der Waals surface area (Å²) < 4.78 is 5.03. The van der Waals surface area contributed by atoms with Crippen LogP contribution in [0.25, 0.3) is 0 Å². The van der Waals surface area contributed by atoms with E-state index in [2.05, 4.69) is 5.32 Å². The van der Waals surface area contributed by atoms with Crippen LogP contribution in [0.5, 0.6) is 0 Å². The Balaban J connectivity index is 1.93. The molecule has 1 amide bonds. The van der Waals surface area contributed by atoms with Crippen molar-refractivity contribution in [2.75, 3.05) is 0 Å². The number of hydrogen-bond acceptors (Lipinski definition) is 3. The van der Waals surface area contributed by atoms with E-state index in [1.807, 2.05) is 0 Å². The van der Waals surface area contributed by atoms with Crippen LogP contribution in [0.1, 0.15) is 29.0 Å². The van der Waals surface area contributed by atoms with Gasteiger partial charge in [-0.3, -0.25) is 4.79 Å². The van der Waals surface area contributed by atoms with Crippen molar-refractivity contribution >= 4 is 5.91 Å². The molecule has 1 saturated carbocycles. The van der Waals surface area contributed by atoms with Crippen molar-refractivity contribution in [3.05, 3.63) is 23.7 Å². The summed E-state index contributed by atoms with van der Waals surface area (Å²) in [6.07, 6.45) is 2.57. The van der Waals surface area contributed by atoms with Crippen molar-refractivity contribution in [3.63, 3.8) is 0 Å². The first-order valence-corrected chi connectivity index (χ1v) is 4.70. The average Bonchev–Trinajstić information content (AvgIpc) is 2.48. The van der Waals surface area contributed by atoms with Gasteiger partial charge in [0.25, 0.3) is 5.91 Å². The fourth-order valence-electron chi connectivity index (χ4n) is 1.59. The van der Waals surface area contributed by atoms with Crippen LogP contribution < -0.4 is 5.32 Å². The Morgan fingerprint density at radius 3 is 2.86 bits per heavy atom. The van der Waals surface area contributed by atoms with E-state index < -0.39 is 0 Å². The van der Waals surface area contributed by atoms with E-state index in [1.54, 1.807) is 13.0 Å². The number of aliphatic hydroxyl groups excluding tert-OH is 1. The fourth-order valence-corrected chi connectivity index (χ4v) is 1.59. The standard InChI is InChI=1S/C10H13NO3/c1-6-9(2-3-14-6)10(13)11-7-4-8(12)5-7/h2-3,7-8,12H,4-5H2,1H3,(H,11,13). The average molecular weight is 195 g/mol. The lowest BCUT2D eigenvalue weighted by Crippen LogP contribution is -2.46. The van der Waals surface area contributed by atoms with Gasteiger partial charge in [-0.25, -0.2) is 0 Å². The predicted octanol–water partition coefficient (Wildman–Crippen LogP) is 0.841. The van der Waals surface area contributed by atoms with Gasteiger partial charge in [-0.2, -0.15) is 0 Å². The lowest BCUT2D eigenvalue weighted by Gasteiger charge is -2.31. The topological polar surface area (TPSA) is 62.5 Å². The van der Waals surface area contributed by atoms with Crippen LogP contribution in [0.3, 0.4) is 0 Å². The number of furan rings is 1. The SMILES string of the molecule is Cc1occc1C(=O)NC1CC(O)C1. The summed E-state index contributed by atoms with van der Waals surface area (Å²) in [5, 5.41) is 11.9. The van der Waals surface area contributed by atoms with E-state index in [0.717, 1.165) is 0 Å². The first-order valence-electron chi connectivity index (χ1n) is 4.70. The minimum absolute atomic E-state index is 0.117. The first kappa shape index (κ1) is 9.27. The molecule has 1 fully saturated rings. The van der Waals surface area contributed by atoms with E-state index in [4.69, 9.17) is 9.52 Å². The van der Waals surface area contributed by atoms with Crippen LogP contribution in [0.2, 0.25) is 0 Å². The van der Waals surface area contributed by atoms with Gasteiger partial charge in [-0.15, -0.1) is 0 Å². The third kappa shape index (κ3) is 1.65. The second-order valence-electron chi connectivity index (χ2n) is 3.69. The normalized spacial score (nSPS) is 25.6. The largest absolute Gasteiger partial charge is 0.469 e. The number of aryl methyl sites for hydroxylation is 1. The van der Waals surface area contributed by atoms with E-state index in [-0.39, 0.29) is 18.1 Å². The molecule has 0 unspecified atom stereocenters. The Bertz CT molecular complexity index is 339. The third-order valence-corrected chi connectivity index (χ3v) is 2.55. The maximum Gasteiger partial charge on any atom is 0.255 e. The molecular formula is C10H13NO3. The van der Waals surface area contributed by atoms with E-state index in [0.29, 0.717) is 24.2 Å². The smallest absolute Gasteiger partial charge is 0.255 e. The Kier molecular flexibility index (Phi) is 2.29. The summed E-state index contributed by atoms with van der Waals surface area (Å²) in [6.45, 7) is 1.75. The maximum absolute atomic E-state index is 11.6. The van der Waals surface area contributed by atoms with Gasteiger partial charge >= 0.3 is 0 Å². The molecule has 0 spiro atoms. The molecule has 2 rings (SSSR count). The van der Waals surface area contributed by atoms with Crippen LogP contribution in [0.4, 0.5) is 0 Å². The molecule has 4 nitrogen and oxygen atoms in total. The molecule has 0 aromatic carbocycles. The summed E-state index contributed by atoms with van der Waals surface area (Å²) in [5.41, 5.74) is 0.575. The lowest BCUT2D eigenvalue weighted by molar-refractivity contribution is 0.0562. The van der Waals surface area contributed by atoms with Gasteiger partial charge in [0, 0.05) is 6.04 Å². The quantitative estimate of drug-likeness (QED) is 0.735. The summed E-state index contributed by atoms with van der Waals surface area (Å²) in [7, 11) is 0. The Morgan fingerprint density at radius 2 is 2.36 bits per heavy atom. The molecule has 0 aliphatic heterocycles. The highest BCUT2D eigenvalue weighted by molar-refractivity contribution is 5.95. The van der Waals surface area contributed by atoms with Crippen LogP contribution in [0, 0.1) is 6.92 Å². The molecule has 4 heteroatoms. The van der Waals surface area contributed by atoms with Crippen molar-refractivity contribution in [1.82, 2.24) is 5.32 Å². The molecule has 0 radical (unpaired) electrons. The number of hydrogen-bond donors (Lipinski definition) is 2. The maximum atomic E-state index is 11.6. The molecule has 1 heterocycles. The number of rotatable bonds is 2. The zero-order chi connectivity index (χ0) is 10.1. The van der Waals surface area contributed by atoms with E-state index in [1.165, 1.54) is 6.26 Å². The van der Waals surface area contributed by atoms with E-state index >= 15 is 0 Å². The van der Waals surface area contributed by atoms with Crippen molar-refractivity contribution in [2.24, 2.45) is 0 Å². The van der Waals surface area contributed by atoms with Gasteiger partial charge in [0.1, 0.15) is 5.76 Å². The molecule has 0 saturated heterocycles. The van der Waals surface area contributed by atoms with Gasteiger partial charge in [-0.05, 0) is 25.8 Å². The van der Waals surface area contributed by atoms with Crippen LogP contribution in [-0.4, -0.2) is 23.2 Å². The molecule has 0 atom stereocenters. The summed E-state index contributed by atoms with van der Waals surface area (Å²) in [4.78, 5) is 11.6. The molecule has 0 bridgehead atoms. The number of carbonyl (C=O) groups excluding carboxylic acids is 1. The van der Waals surface area contributed by atoms with Gasteiger partial charge in [0.05, 0.1) is 17.9 Å². The Labute approximate surface area is 81.9 Å². The van der Waals surface area contributed by atoms with E-state index in [9.17, 15) is 4.79 Å². The Hall–Kier alpha value is -1.29. The predicted molar refractivity (Wildman–Crippen MR) is 49.9 cm³/mol. The number of nitrogens with one attached hydrogen (secondary N) is 1. The number of amides is 1. The molecule has 1 aromatic heterocycles. The number of carbonyl (C=O) groups is 1. The lowest BCUT2D eigenvalue weighted by atomic mass is 9.89. The second kappa shape index (κ2) is 3.46. The van der Waals surface area contributed by atoms with Crippen LogP contribution in [0.15, 0.2) is 16.7 Å². The molecule has 14 heavy (non-hydrogen) atoms. The third-order valence-electron chi connectivity index (χ3n) is 2.55. The summed E-state index contributed by atoms with van der Waals surface area (Å²) in [5.74, 6) is 0.510. The van der Waals surface area contributed by atoms with Crippen LogP contribution >= 0.6 is 0 Å². The first-order chi connectivity index (χ1) is 6.66. The Morgan fingerprint density at radius 1 is 1.64 bits per heavy atom. The highest BCUT2D eigenvalue weighted by Crippen LogP contribution is 2.20. The van der Waals surface area contributed by atoms with Crippen LogP contribution in [-0.2, 0) is 0 Å². The molecular weight excluding hydrogens is 182 g/mol. The van der Waals surface area contributed by atoms with Gasteiger partial charge in [-0.1, -0.05) is 0 Å².